The molecule has 2 aromatic carbocycles. The zero-order valence-electron chi connectivity index (χ0n) is 25.3. The van der Waals surface area contributed by atoms with Crippen LogP contribution in [0.2, 0.25) is 0 Å². The van der Waals surface area contributed by atoms with Gasteiger partial charge in [-0.1, -0.05) is 43.3 Å². The van der Waals surface area contributed by atoms with E-state index in [-0.39, 0.29) is 17.8 Å². The largest absolute Gasteiger partial charge is 0.453 e. The number of urea groups is 1. The van der Waals surface area contributed by atoms with Gasteiger partial charge in [0.15, 0.2) is 0 Å². The van der Waals surface area contributed by atoms with E-state index >= 15 is 4.39 Å². The van der Waals surface area contributed by atoms with Crippen molar-refractivity contribution in [1.82, 2.24) is 20.4 Å². The molecule has 0 unspecified atom stereocenters. The Labute approximate surface area is 249 Å². The second-order valence-electron chi connectivity index (χ2n) is 11.7. The van der Waals surface area contributed by atoms with E-state index in [1.54, 1.807) is 6.07 Å². The molecular formula is C33H47FN4O4. The van der Waals surface area contributed by atoms with Crippen molar-refractivity contribution < 1.29 is 23.8 Å². The maximum Gasteiger partial charge on any atom is 0.406 e. The number of ether oxygens (including phenoxy) is 1. The number of nitrogens with one attached hydrogen (secondary N) is 2. The van der Waals surface area contributed by atoms with Crippen LogP contribution in [0.3, 0.4) is 0 Å². The van der Waals surface area contributed by atoms with Crippen molar-refractivity contribution in [2.24, 2.45) is 11.8 Å². The Morgan fingerprint density at radius 1 is 1.10 bits per heavy atom. The van der Waals surface area contributed by atoms with Gasteiger partial charge in [-0.05, 0) is 87.2 Å². The van der Waals surface area contributed by atoms with Gasteiger partial charge < -0.3 is 30.3 Å². The van der Waals surface area contributed by atoms with Gasteiger partial charge >= 0.3 is 12.1 Å². The summed E-state index contributed by atoms with van der Waals surface area (Å²) in [5.41, 5.74) is 1.31. The minimum Gasteiger partial charge on any atom is -0.453 e. The smallest absolute Gasteiger partial charge is 0.406 e. The molecule has 3 amide bonds. The van der Waals surface area contributed by atoms with Crippen LogP contribution < -0.4 is 10.6 Å². The lowest BCUT2D eigenvalue weighted by molar-refractivity contribution is -0.0566. The highest BCUT2D eigenvalue weighted by atomic mass is 19.1. The van der Waals surface area contributed by atoms with E-state index in [4.69, 9.17) is 4.74 Å². The van der Waals surface area contributed by atoms with Crippen molar-refractivity contribution in [1.29, 1.82) is 0 Å². The number of hydrogen-bond donors (Lipinski definition) is 3. The molecule has 9 heteroatoms. The molecule has 0 bridgehead atoms. The molecule has 0 aliphatic carbocycles. The number of carbonyl (C=O) groups is 2. The molecule has 3 N–H and O–H groups in total. The molecule has 2 heterocycles. The van der Waals surface area contributed by atoms with Crippen LogP contribution in [0.5, 0.6) is 0 Å². The first-order valence-corrected chi connectivity index (χ1v) is 15.4. The van der Waals surface area contributed by atoms with Crippen LogP contribution in [0, 0.1) is 17.7 Å². The number of carbonyl (C=O) groups excluding carboxylic acids is 2. The van der Waals surface area contributed by atoms with Gasteiger partial charge in [-0.2, -0.15) is 0 Å². The van der Waals surface area contributed by atoms with Gasteiger partial charge in [0.25, 0.3) is 0 Å². The van der Waals surface area contributed by atoms with E-state index in [0.29, 0.717) is 55.9 Å². The Hall–Kier alpha value is -3.17. The number of aryl methyl sites for hydroxylation is 1. The molecule has 0 radical (unpaired) electrons. The number of nitrogens with zero attached hydrogens (tertiary/aromatic N) is 2. The average molecular weight is 583 g/mol. The second-order valence-corrected chi connectivity index (χ2v) is 11.7. The summed E-state index contributed by atoms with van der Waals surface area (Å²) >= 11 is 0. The first kappa shape index (κ1) is 31.8. The van der Waals surface area contributed by atoms with Gasteiger partial charge in [0.2, 0.25) is 0 Å². The van der Waals surface area contributed by atoms with Crippen LogP contribution in [-0.2, 0) is 16.8 Å². The first-order chi connectivity index (χ1) is 20.3. The Kier molecular flexibility index (Phi) is 11.2. The van der Waals surface area contributed by atoms with Crippen LogP contribution in [0.1, 0.15) is 56.6 Å². The third-order valence-corrected chi connectivity index (χ3v) is 9.04. The van der Waals surface area contributed by atoms with E-state index in [1.165, 1.54) is 13.2 Å². The lowest BCUT2D eigenvalue weighted by atomic mass is 9.72. The van der Waals surface area contributed by atoms with E-state index in [1.807, 2.05) is 47.2 Å². The number of amides is 3. The maximum atomic E-state index is 15.7. The van der Waals surface area contributed by atoms with Gasteiger partial charge in [0.05, 0.1) is 12.7 Å². The molecule has 0 saturated carbocycles. The number of hydrogen-bond acceptors (Lipinski definition) is 5. The molecule has 42 heavy (non-hydrogen) atoms. The van der Waals surface area contributed by atoms with E-state index in [0.717, 1.165) is 56.4 Å². The lowest BCUT2D eigenvalue weighted by Crippen LogP contribution is -2.53. The predicted molar refractivity (Wildman–Crippen MR) is 163 cm³/mol. The molecular weight excluding hydrogens is 535 g/mol. The number of methoxy groups -OCH3 is 1. The summed E-state index contributed by atoms with van der Waals surface area (Å²) in [6.07, 6.45) is 4.45. The summed E-state index contributed by atoms with van der Waals surface area (Å²) < 4.78 is 20.4. The van der Waals surface area contributed by atoms with E-state index in [2.05, 4.69) is 17.6 Å². The lowest BCUT2D eigenvalue weighted by Gasteiger charge is -2.45. The van der Waals surface area contributed by atoms with Gasteiger partial charge in [0, 0.05) is 44.2 Å². The van der Waals surface area contributed by atoms with Crippen molar-refractivity contribution in [3.8, 4) is 11.1 Å². The summed E-state index contributed by atoms with van der Waals surface area (Å²) in [7, 11) is 3.27. The molecule has 2 aliphatic heterocycles. The van der Waals surface area contributed by atoms with Crippen molar-refractivity contribution in [2.45, 2.75) is 57.5 Å². The molecule has 0 aromatic heterocycles. The van der Waals surface area contributed by atoms with E-state index in [9.17, 15) is 14.7 Å². The Morgan fingerprint density at radius 3 is 2.57 bits per heavy atom. The summed E-state index contributed by atoms with van der Waals surface area (Å²) in [6, 6.07) is 12.7. The van der Waals surface area contributed by atoms with Crippen LogP contribution in [-0.4, -0.2) is 80.5 Å². The average Bonchev–Trinajstić information content (AvgIpc) is 3.03. The number of halogens is 1. The Bertz CT molecular complexity index is 1200. The molecule has 2 aromatic rings. The normalized spacial score (nSPS) is 19.3. The quantitative estimate of drug-likeness (QED) is 0.337. The minimum atomic E-state index is -1.42. The number of rotatable bonds is 10. The highest BCUT2D eigenvalue weighted by Crippen LogP contribution is 2.44. The number of likely N-dealkylation sites (tertiary alicyclic amines) is 2. The van der Waals surface area contributed by atoms with Crippen molar-refractivity contribution >= 4 is 12.1 Å². The van der Waals surface area contributed by atoms with E-state index < -0.39 is 11.7 Å². The van der Waals surface area contributed by atoms with Gasteiger partial charge in [0.1, 0.15) is 5.82 Å². The number of piperidine rings is 2. The zero-order chi connectivity index (χ0) is 30.1. The molecule has 2 atom stereocenters. The fourth-order valence-electron chi connectivity index (χ4n) is 6.66. The van der Waals surface area contributed by atoms with Crippen LogP contribution >= 0.6 is 0 Å². The molecule has 2 aliphatic rings. The van der Waals surface area contributed by atoms with Gasteiger partial charge in [-0.15, -0.1) is 0 Å². The fraction of sp³-hybridized carbons (Fsp3) is 0.576. The van der Waals surface area contributed by atoms with Crippen LogP contribution in [0.25, 0.3) is 11.1 Å². The Balaban J connectivity index is 1.63. The van der Waals surface area contributed by atoms with Gasteiger partial charge in [-0.3, -0.25) is 0 Å². The predicted octanol–water partition coefficient (Wildman–Crippen LogP) is 5.14. The molecule has 0 spiro atoms. The summed E-state index contributed by atoms with van der Waals surface area (Å²) in [5, 5.41) is 18.6. The standard InChI is InChI=1S/C33H47FN4O4/c1-4-24-9-5-10-26(21-24)30-28(12-6-13-29(30)34)33(41,16-8-17-36-31(39)42-3)27-11-7-18-38(23-27)32(40)37-19-14-25(15-20-37)22-35-2/h5-6,9-10,12-13,21,25,27,35,41H,4,7-8,11,14-20,22-23H2,1-3H3,(H,36,39)/t27-,33+/m1/s1. The third kappa shape index (κ3) is 7.42. The topological polar surface area (TPSA) is 94.1 Å². The van der Waals surface area contributed by atoms with Crippen molar-refractivity contribution in [3.63, 3.8) is 0 Å². The second kappa shape index (κ2) is 14.8. The maximum absolute atomic E-state index is 15.7. The first-order valence-electron chi connectivity index (χ1n) is 15.4. The van der Waals surface area contributed by atoms with Crippen molar-refractivity contribution in [2.75, 3.05) is 53.4 Å². The summed E-state index contributed by atoms with van der Waals surface area (Å²) in [5.74, 6) is -0.112. The highest BCUT2D eigenvalue weighted by Gasteiger charge is 2.43. The minimum absolute atomic E-state index is 0.0208. The summed E-state index contributed by atoms with van der Waals surface area (Å²) in [6.45, 7) is 5.82. The number of alkyl carbamates (subject to hydrolysis) is 1. The number of benzene rings is 2. The number of aliphatic hydroxyl groups is 1. The summed E-state index contributed by atoms with van der Waals surface area (Å²) in [4.78, 5) is 29.1. The molecule has 2 fully saturated rings. The molecule has 2 saturated heterocycles. The third-order valence-electron chi connectivity index (χ3n) is 9.04. The molecule has 230 valence electrons. The monoisotopic (exact) mass is 582 g/mol. The zero-order valence-corrected chi connectivity index (χ0v) is 25.3. The molecule has 4 rings (SSSR count). The van der Waals surface area contributed by atoms with Gasteiger partial charge in [-0.25, -0.2) is 14.0 Å². The van der Waals surface area contributed by atoms with Crippen molar-refractivity contribution in [3.05, 3.63) is 59.4 Å². The highest BCUT2D eigenvalue weighted by molar-refractivity contribution is 5.75. The Morgan fingerprint density at radius 2 is 1.86 bits per heavy atom. The molecule has 8 nitrogen and oxygen atoms in total. The van der Waals surface area contributed by atoms with Crippen LogP contribution in [0.15, 0.2) is 42.5 Å². The fourth-order valence-corrected chi connectivity index (χ4v) is 6.66. The van der Waals surface area contributed by atoms with Crippen LogP contribution in [0.4, 0.5) is 14.0 Å². The SMILES string of the molecule is CCc1cccc(-c2c(F)cccc2[C@](O)(CCCNC(=O)OC)[C@@H]2CCCN(C(=O)N3CCC(CNC)CC3)C2)c1.